The van der Waals surface area contributed by atoms with Crippen molar-refractivity contribution in [3.8, 4) is 0 Å². The van der Waals surface area contributed by atoms with Gasteiger partial charge in [-0.2, -0.15) is 0 Å². The number of nitrogens with one attached hydrogen (secondary N) is 2. The van der Waals surface area contributed by atoms with Crippen LogP contribution in [-0.4, -0.2) is 17.7 Å². The Balaban J connectivity index is 2.70. The van der Waals surface area contributed by atoms with Crippen LogP contribution in [0.3, 0.4) is 0 Å². The SMILES string of the molecule is Cc1ccc(C(=O)NNC(=O)CCl)c(C)c1. The van der Waals surface area contributed by atoms with Crippen LogP contribution in [0.1, 0.15) is 21.5 Å². The van der Waals surface area contributed by atoms with Gasteiger partial charge >= 0.3 is 0 Å². The predicted molar refractivity (Wildman–Crippen MR) is 62.2 cm³/mol. The number of benzene rings is 1. The first kappa shape index (κ1) is 12.5. The van der Waals surface area contributed by atoms with Crippen LogP contribution < -0.4 is 10.9 Å². The van der Waals surface area contributed by atoms with E-state index in [-0.39, 0.29) is 11.8 Å². The van der Waals surface area contributed by atoms with Crippen LogP contribution in [0.25, 0.3) is 0 Å². The van der Waals surface area contributed by atoms with Gasteiger partial charge < -0.3 is 0 Å². The third kappa shape index (κ3) is 3.24. The lowest BCUT2D eigenvalue weighted by atomic mass is 10.1. The van der Waals surface area contributed by atoms with E-state index in [0.29, 0.717) is 5.56 Å². The first-order valence-corrected chi connectivity index (χ1v) is 5.30. The molecule has 0 aliphatic rings. The second-order valence-corrected chi connectivity index (χ2v) is 3.72. The molecular formula is C11H13ClN2O2. The molecule has 0 bridgehead atoms. The number of hydrogen-bond acceptors (Lipinski definition) is 2. The summed E-state index contributed by atoms with van der Waals surface area (Å²) in [4.78, 5) is 22.5. The zero-order chi connectivity index (χ0) is 12.1. The lowest BCUT2D eigenvalue weighted by Gasteiger charge is -2.08. The number of alkyl halides is 1. The van der Waals surface area contributed by atoms with Crippen molar-refractivity contribution in [2.24, 2.45) is 0 Å². The first-order valence-electron chi connectivity index (χ1n) is 4.77. The van der Waals surface area contributed by atoms with Crippen LogP contribution in [0.15, 0.2) is 18.2 Å². The molecule has 5 heteroatoms. The molecule has 1 aromatic rings. The number of amides is 2. The Morgan fingerprint density at radius 2 is 1.94 bits per heavy atom. The summed E-state index contributed by atoms with van der Waals surface area (Å²) in [5, 5.41) is 0. The van der Waals surface area contributed by atoms with Crippen LogP contribution in [0, 0.1) is 13.8 Å². The molecule has 0 spiro atoms. The van der Waals surface area contributed by atoms with E-state index in [1.165, 1.54) is 0 Å². The Morgan fingerprint density at radius 1 is 1.25 bits per heavy atom. The van der Waals surface area contributed by atoms with E-state index in [2.05, 4.69) is 10.9 Å². The van der Waals surface area contributed by atoms with Gasteiger partial charge in [0, 0.05) is 5.56 Å². The Labute approximate surface area is 99.0 Å². The normalized spacial score (nSPS) is 9.69. The molecule has 86 valence electrons. The third-order valence-electron chi connectivity index (χ3n) is 2.06. The number of hydrazine groups is 1. The van der Waals surface area contributed by atoms with E-state index >= 15 is 0 Å². The average Bonchev–Trinajstić information content (AvgIpc) is 2.25. The molecule has 1 aromatic carbocycles. The van der Waals surface area contributed by atoms with Gasteiger partial charge in [-0.15, -0.1) is 11.6 Å². The van der Waals surface area contributed by atoms with Crippen molar-refractivity contribution in [2.75, 3.05) is 5.88 Å². The number of hydrogen-bond donors (Lipinski definition) is 2. The van der Waals surface area contributed by atoms with Gasteiger partial charge in [0.1, 0.15) is 5.88 Å². The highest BCUT2D eigenvalue weighted by Crippen LogP contribution is 2.09. The van der Waals surface area contributed by atoms with Gasteiger partial charge in [-0.25, -0.2) is 0 Å². The minimum Gasteiger partial charge on any atom is -0.272 e. The summed E-state index contributed by atoms with van der Waals surface area (Å²) in [6.45, 7) is 3.79. The summed E-state index contributed by atoms with van der Waals surface area (Å²) in [5.74, 6) is -0.983. The van der Waals surface area contributed by atoms with Crippen molar-refractivity contribution in [1.82, 2.24) is 10.9 Å². The fourth-order valence-electron chi connectivity index (χ4n) is 1.30. The summed E-state index contributed by atoms with van der Waals surface area (Å²) >= 11 is 5.27. The van der Waals surface area contributed by atoms with Gasteiger partial charge in [-0.05, 0) is 25.5 Å². The van der Waals surface area contributed by atoms with Gasteiger partial charge in [-0.3, -0.25) is 20.4 Å². The molecule has 1 rings (SSSR count). The number of aryl methyl sites for hydroxylation is 2. The van der Waals surface area contributed by atoms with Crippen molar-refractivity contribution < 1.29 is 9.59 Å². The third-order valence-corrected chi connectivity index (χ3v) is 2.31. The van der Waals surface area contributed by atoms with Crippen LogP contribution in [0.5, 0.6) is 0 Å². The van der Waals surface area contributed by atoms with E-state index in [1.54, 1.807) is 6.07 Å². The number of halogens is 1. The number of carbonyl (C=O) groups is 2. The quantitative estimate of drug-likeness (QED) is 0.605. The highest BCUT2D eigenvalue weighted by molar-refractivity contribution is 6.27. The molecule has 0 aliphatic heterocycles. The molecule has 0 saturated carbocycles. The molecule has 2 N–H and O–H groups in total. The predicted octanol–water partition coefficient (Wildman–Crippen LogP) is 1.30. The van der Waals surface area contributed by atoms with Gasteiger partial charge in [-0.1, -0.05) is 17.7 Å². The molecule has 0 radical (unpaired) electrons. The molecule has 0 unspecified atom stereocenters. The molecular weight excluding hydrogens is 228 g/mol. The summed E-state index contributed by atoms with van der Waals surface area (Å²) in [6, 6.07) is 5.45. The van der Waals surface area contributed by atoms with Crippen molar-refractivity contribution in [3.05, 3.63) is 34.9 Å². The fraction of sp³-hybridized carbons (Fsp3) is 0.273. The maximum atomic E-state index is 11.6. The zero-order valence-electron chi connectivity index (χ0n) is 9.13. The molecule has 2 amide bonds. The Hall–Kier alpha value is -1.55. The number of rotatable bonds is 2. The summed E-state index contributed by atoms with van der Waals surface area (Å²) in [5.41, 5.74) is 6.96. The van der Waals surface area contributed by atoms with Crippen molar-refractivity contribution in [1.29, 1.82) is 0 Å². The maximum absolute atomic E-state index is 11.6. The standard InChI is InChI=1S/C11H13ClN2O2/c1-7-3-4-9(8(2)5-7)11(16)14-13-10(15)6-12/h3-5H,6H2,1-2H3,(H,13,15)(H,14,16). The van der Waals surface area contributed by atoms with Crippen LogP contribution >= 0.6 is 11.6 Å². The summed E-state index contributed by atoms with van der Waals surface area (Å²) in [6.07, 6.45) is 0. The molecule has 16 heavy (non-hydrogen) atoms. The second-order valence-electron chi connectivity index (χ2n) is 3.45. The largest absolute Gasteiger partial charge is 0.272 e. The lowest BCUT2D eigenvalue weighted by Crippen LogP contribution is -2.42. The topological polar surface area (TPSA) is 58.2 Å². The molecule has 0 saturated heterocycles. The van der Waals surface area contributed by atoms with Gasteiger partial charge in [0.15, 0.2) is 0 Å². The van der Waals surface area contributed by atoms with Crippen LogP contribution in [-0.2, 0) is 4.79 Å². The second kappa shape index (κ2) is 5.51. The first-order chi connectivity index (χ1) is 7.54. The smallest absolute Gasteiger partial charge is 0.269 e. The minimum atomic E-state index is -0.445. The maximum Gasteiger partial charge on any atom is 0.269 e. The highest BCUT2D eigenvalue weighted by Gasteiger charge is 2.09. The molecule has 0 atom stereocenters. The van der Waals surface area contributed by atoms with E-state index in [9.17, 15) is 9.59 Å². The molecule has 0 aliphatic carbocycles. The molecule has 4 nitrogen and oxygen atoms in total. The molecule has 0 heterocycles. The average molecular weight is 241 g/mol. The monoisotopic (exact) mass is 240 g/mol. The van der Waals surface area contributed by atoms with E-state index < -0.39 is 5.91 Å². The highest BCUT2D eigenvalue weighted by atomic mass is 35.5. The van der Waals surface area contributed by atoms with E-state index in [0.717, 1.165) is 11.1 Å². The van der Waals surface area contributed by atoms with Crippen molar-refractivity contribution in [2.45, 2.75) is 13.8 Å². The minimum absolute atomic E-state index is 0.187. The number of carbonyl (C=O) groups excluding carboxylic acids is 2. The van der Waals surface area contributed by atoms with Crippen LogP contribution in [0.4, 0.5) is 0 Å². The lowest BCUT2D eigenvalue weighted by molar-refractivity contribution is -0.119. The Morgan fingerprint density at radius 3 is 2.50 bits per heavy atom. The van der Waals surface area contributed by atoms with Crippen molar-refractivity contribution in [3.63, 3.8) is 0 Å². The molecule has 0 aromatic heterocycles. The summed E-state index contributed by atoms with van der Waals surface area (Å²) < 4.78 is 0. The van der Waals surface area contributed by atoms with E-state index in [1.807, 2.05) is 26.0 Å². The fourth-order valence-corrected chi connectivity index (χ4v) is 1.36. The molecule has 0 fully saturated rings. The zero-order valence-corrected chi connectivity index (χ0v) is 9.89. The van der Waals surface area contributed by atoms with Gasteiger partial charge in [0.25, 0.3) is 11.8 Å². The Bertz CT molecular complexity index is 418. The van der Waals surface area contributed by atoms with Crippen LogP contribution in [0.2, 0.25) is 0 Å². The van der Waals surface area contributed by atoms with E-state index in [4.69, 9.17) is 11.6 Å². The van der Waals surface area contributed by atoms with Gasteiger partial charge in [0.2, 0.25) is 0 Å². The van der Waals surface area contributed by atoms with Crippen molar-refractivity contribution >= 4 is 23.4 Å². The Kier molecular flexibility index (Phi) is 4.31. The summed E-state index contributed by atoms with van der Waals surface area (Å²) in [7, 11) is 0. The van der Waals surface area contributed by atoms with Gasteiger partial charge in [0.05, 0.1) is 0 Å².